The molecule has 0 radical (unpaired) electrons. The van der Waals surface area contributed by atoms with Gasteiger partial charge in [0, 0.05) is 17.5 Å². The molecule has 1 aliphatic rings. The summed E-state index contributed by atoms with van der Waals surface area (Å²) in [4.78, 5) is 2.23. The highest BCUT2D eigenvalue weighted by Crippen LogP contribution is 2.41. The summed E-state index contributed by atoms with van der Waals surface area (Å²) in [6.45, 7) is 4.68. The number of hydrogen-bond acceptors (Lipinski definition) is 3. The van der Waals surface area contributed by atoms with Gasteiger partial charge in [0.15, 0.2) is 0 Å². The maximum Gasteiger partial charge on any atom is 0.125 e. The lowest BCUT2D eigenvalue weighted by Gasteiger charge is -2.34. The van der Waals surface area contributed by atoms with Gasteiger partial charge in [-0.25, -0.2) is 0 Å². The first-order valence-corrected chi connectivity index (χ1v) is 7.17. The molecule has 1 atom stereocenters. The Morgan fingerprint density at radius 2 is 2.16 bits per heavy atom. The van der Waals surface area contributed by atoms with Crippen molar-refractivity contribution in [2.75, 3.05) is 33.8 Å². The van der Waals surface area contributed by atoms with Crippen molar-refractivity contribution in [3.63, 3.8) is 0 Å². The van der Waals surface area contributed by atoms with Crippen LogP contribution in [0.3, 0.4) is 0 Å². The lowest BCUT2D eigenvalue weighted by Crippen LogP contribution is -2.37. The van der Waals surface area contributed by atoms with E-state index in [9.17, 15) is 0 Å². The average Bonchev–Trinajstić information content (AvgIpc) is 2.58. The predicted molar refractivity (Wildman–Crippen MR) is 79.8 cm³/mol. The Balaban J connectivity index is 2.40. The molecular formula is C16H26N2O. The SMILES string of the molecule is Cc1cccc2c1OCCCC2(CN)CCN(C)C. The van der Waals surface area contributed by atoms with Crippen LogP contribution in [0.5, 0.6) is 5.75 Å². The number of rotatable bonds is 4. The first kappa shape index (κ1) is 14.4. The van der Waals surface area contributed by atoms with Crippen LogP contribution < -0.4 is 10.5 Å². The minimum atomic E-state index is 0.0716. The van der Waals surface area contributed by atoms with Crippen molar-refractivity contribution in [3.05, 3.63) is 29.3 Å². The van der Waals surface area contributed by atoms with Crippen molar-refractivity contribution in [3.8, 4) is 5.75 Å². The standard InChI is InChI=1S/C16H26N2O/c1-13-6-4-7-14-15(13)19-11-5-8-16(14,12-17)9-10-18(2)3/h4,6-7H,5,8-12,17H2,1-3H3. The van der Waals surface area contributed by atoms with E-state index in [1.807, 2.05) is 0 Å². The molecule has 1 aromatic rings. The minimum absolute atomic E-state index is 0.0716. The van der Waals surface area contributed by atoms with Crippen molar-refractivity contribution in [1.29, 1.82) is 0 Å². The van der Waals surface area contributed by atoms with E-state index in [0.29, 0.717) is 6.54 Å². The number of nitrogens with zero attached hydrogens (tertiary/aromatic N) is 1. The first-order valence-electron chi connectivity index (χ1n) is 7.17. The zero-order valence-corrected chi connectivity index (χ0v) is 12.4. The second kappa shape index (κ2) is 5.93. The molecule has 3 nitrogen and oxygen atoms in total. The van der Waals surface area contributed by atoms with Crippen molar-refractivity contribution in [2.24, 2.45) is 5.73 Å². The molecule has 0 bridgehead atoms. The van der Waals surface area contributed by atoms with Gasteiger partial charge in [-0.05, 0) is 52.4 Å². The quantitative estimate of drug-likeness (QED) is 0.905. The highest BCUT2D eigenvalue weighted by Gasteiger charge is 2.35. The third-order valence-electron chi connectivity index (χ3n) is 4.26. The number of hydrogen-bond donors (Lipinski definition) is 1. The van der Waals surface area contributed by atoms with Crippen LogP contribution in [0.1, 0.15) is 30.4 Å². The zero-order chi connectivity index (χ0) is 13.9. The van der Waals surface area contributed by atoms with E-state index in [0.717, 1.165) is 38.2 Å². The normalized spacial score (nSPS) is 22.8. The van der Waals surface area contributed by atoms with Gasteiger partial charge < -0.3 is 15.4 Å². The number of benzene rings is 1. The largest absolute Gasteiger partial charge is 0.493 e. The number of aryl methyl sites for hydroxylation is 1. The van der Waals surface area contributed by atoms with Gasteiger partial charge in [-0.2, -0.15) is 0 Å². The molecule has 0 spiro atoms. The molecule has 1 aliphatic heterocycles. The van der Waals surface area contributed by atoms with E-state index in [1.54, 1.807) is 0 Å². The molecule has 2 N–H and O–H groups in total. The van der Waals surface area contributed by atoms with Crippen LogP contribution in [0.2, 0.25) is 0 Å². The third kappa shape index (κ3) is 2.93. The lowest BCUT2D eigenvalue weighted by molar-refractivity contribution is 0.290. The molecule has 0 saturated carbocycles. The monoisotopic (exact) mass is 262 g/mol. The number of fused-ring (bicyclic) bond motifs is 1. The Morgan fingerprint density at radius 3 is 2.84 bits per heavy atom. The number of nitrogens with two attached hydrogens (primary N) is 1. The highest BCUT2D eigenvalue weighted by atomic mass is 16.5. The van der Waals surface area contributed by atoms with E-state index < -0.39 is 0 Å². The second-order valence-corrected chi connectivity index (χ2v) is 5.94. The molecule has 0 aliphatic carbocycles. The van der Waals surface area contributed by atoms with E-state index in [2.05, 4.69) is 44.1 Å². The molecule has 1 heterocycles. The van der Waals surface area contributed by atoms with Crippen LogP contribution in [-0.4, -0.2) is 38.7 Å². The van der Waals surface area contributed by atoms with Gasteiger partial charge >= 0.3 is 0 Å². The summed E-state index contributed by atoms with van der Waals surface area (Å²) in [7, 11) is 4.24. The van der Waals surface area contributed by atoms with Gasteiger partial charge in [-0.3, -0.25) is 0 Å². The first-order chi connectivity index (χ1) is 9.09. The zero-order valence-electron chi connectivity index (χ0n) is 12.4. The summed E-state index contributed by atoms with van der Waals surface area (Å²) in [5.41, 5.74) is 8.79. The Morgan fingerprint density at radius 1 is 1.37 bits per heavy atom. The van der Waals surface area contributed by atoms with Crippen molar-refractivity contribution in [2.45, 2.75) is 31.6 Å². The van der Waals surface area contributed by atoms with Crippen molar-refractivity contribution < 1.29 is 4.74 Å². The van der Waals surface area contributed by atoms with Crippen LogP contribution in [0.4, 0.5) is 0 Å². The summed E-state index contributed by atoms with van der Waals surface area (Å²) in [6, 6.07) is 6.45. The summed E-state index contributed by atoms with van der Waals surface area (Å²) < 4.78 is 5.97. The van der Waals surface area contributed by atoms with Crippen LogP contribution >= 0.6 is 0 Å². The van der Waals surface area contributed by atoms with E-state index >= 15 is 0 Å². The van der Waals surface area contributed by atoms with Crippen molar-refractivity contribution >= 4 is 0 Å². The third-order valence-corrected chi connectivity index (χ3v) is 4.26. The Bertz CT molecular complexity index is 431. The maximum absolute atomic E-state index is 6.18. The van der Waals surface area contributed by atoms with E-state index in [4.69, 9.17) is 10.5 Å². The molecule has 1 unspecified atom stereocenters. The van der Waals surface area contributed by atoms with Gasteiger partial charge in [0.2, 0.25) is 0 Å². The van der Waals surface area contributed by atoms with Gasteiger partial charge in [-0.15, -0.1) is 0 Å². The Labute approximate surface area is 116 Å². The fraction of sp³-hybridized carbons (Fsp3) is 0.625. The molecule has 106 valence electrons. The molecule has 2 rings (SSSR count). The highest BCUT2D eigenvalue weighted by molar-refractivity contribution is 5.46. The molecule has 19 heavy (non-hydrogen) atoms. The number of ether oxygens (including phenoxy) is 1. The van der Waals surface area contributed by atoms with E-state index in [1.165, 1.54) is 11.1 Å². The van der Waals surface area contributed by atoms with Crippen LogP contribution in [0, 0.1) is 6.92 Å². The van der Waals surface area contributed by atoms with Gasteiger partial charge in [0.05, 0.1) is 6.61 Å². The molecule has 0 aromatic heterocycles. The predicted octanol–water partition coefficient (Wildman–Crippen LogP) is 2.32. The topological polar surface area (TPSA) is 38.5 Å². The Hall–Kier alpha value is -1.06. The van der Waals surface area contributed by atoms with Crippen LogP contribution in [-0.2, 0) is 5.41 Å². The maximum atomic E-state index is 6.18. The summed E-state index contributed by atoms with van der Waals surface area (Å²) >= 11 is 0. The fourth-order valence-electron chi connectivity index (χ4n) is 2.99. The minimum Gasteiger partial charge on any atom is -0.493 e. The molecular weight excluding hydrogens is 236 g/mol. The fourth-order valence-corrected chi connectivity index (χ4v) is 2.99. The lowest BCUT2D eigenvalue weighted by atomic mass is 9.73. The smallest absolute Gasteiger partial charge is 0.125 e. The van der Waals surface area contributed by atoms with Gasteiger partial charge in [0.1, 0.15) is 5.75 Å². The molecule has 1 aromatic carbocycles. The molecule has 0 saturated heterocycles. The molecule has 0 fully saturated rings. The molecule has 3 heteroatoms. The van der Waals surface area contributed by atoms with E-state index in [-0.39, 0.29) is 5.41 Å². The van der Waals surface area contributed by atoms with Crippen molar-refractivity contribution in [1.82, 2.24) is 4.90 Å². The average molecular weight is 262 g/mol. The summed E-state index contributed by atoms with van der Waals surface area (Å²) in [5.74, 6) is 1.07. The van der Waals surface area contributed by atoms with Gasteiger partial charge in [-0.1, -0.05) is 18.2 Å². The van der Waals surface area contributed by atoms with Crippen LogP contribution in [0.15, 0.2) is 18.2 Å². The summed E-state index contributed by atoms with van der Waals surface area (Å²) in [6.07, 6.45) is 3.29. The Kier molecular flexibility index (Phi) is 4.48. The molecule has 0 amide bonds. The number of para-hydroxylation sites is 1. The second-order valence-electron chi connectivity index (χ2n) is 5.94. The summed E-state index contributed by atoms with van der Waals surface area (Å²) in [5, 5.41) is 0. The van der Waals surface area contributed by atoms with Gasteiger partial charge in [0.25, 0.3) is 0 Å². The van der Waals surface area contributed by atoms with Crippen LogP contribution in [0.25, 0.3) is 0 Å².